The summed E-state index contributed by atoms with van der Waals surface area (Å²) in [5, 5.41) is 18.7. The number of carbonyl (C=O) groups is 1. The third-order valence-electron chi connectivity index (χ3n) is 1.74. The Hall–Kier alpha value is -0.960. The Morgan fingerprint density at radius 2 is 2.19 bits per heavy atom. The van der Waals surface area contributed by atoms with Gasteiger partial charge in [-0.1, -0.05) is 0 Å². The molecule has 0 unspecified atom stereocenters. The number of hydrogen-bond acceptors (Lipinski definition) is 5. The number of thiophene rings is 1. The van der Waals surface area contributed by atoms with Crippen LogP contribution in [0.25, 0.3) is 0 Å². The molecule has 1 rings (SSSR count). The summed E-state index contributed by atoms with van der Waals surface area (Å²) in [6.45, 7) is -0.0499. The monoisotopic (exact) mass is 265 g/mol. The van der Waals surface area contributed by atoms with Crippen LogP contribution in [0.5, 0.6) is 0 Å². The van der Waals surface area contributed by atoms with E-state index < -0.39 is 16.0 Å². The fourth-order valence-electron chi connectivity index (χ4n) is 1.03. The average Bonchev–Trinajstić information content (AvgIpc) is 2.66. The topological polar surface area (TPSA) is 104 Å². The molecular weight excluding hydrogens is 254 g/mol. The lowest BCUT2D eigenvalue weighted by molar-refractivity contribution is 0.0698. The van der Waals surface area contributed by atoms with E-state index in [1.54, 1.807) is 0 Å². The van der Waals surface area contributed by atoms with Gasteiger partial charge in [-0.05, 0) is 17.9 Å². The van der Waals surface area contributed by atoms with Crippen molar-refractivity contribution >= 4 is 27.3 Å². The molecule has 0 aliphatic heterocycles. The Balaban J connectivity index is 2.90. The van der Waals surface area contributed by atoms with Gasteiger partial charge in [0.05, 0.1) is 0 Å². The first-order chi connectivity index (χ1) is 7.49. The van der Waals surface area contributed by atoms with Gasteiger partial charge in [0.2, 0.25) is 10.0 Å². The van der Waals surface area contributed by atoms with E-state index in [-0.39, 0.29) is 29.3 Å². The molecule has 1 aromatic rings. The second kappa shape index (κ2) is 5.39. The lowest BCUT2D eigenvalue weighted by atomic mass is 10.5. The van der Waals surface area contributed by atoms with Crippen LogP contribution >= 0.6 is 11.3 Å². The van der Waals surface area contributed by atoms with Crippen LogP contribution in [-0.2, 0) is 10.0 Å². The zero-order valence-corrected chi connectivity index (χ0v) is 9.84. The van der Waals surface area contributed by atoms with Crippen molar-refractivity contribution < 1.29 is 23.4 Å². The molecule has 8 heteroatoms. The van der Waals surface area contributed by atoms with Gasteiger partial charge in [-0.3, -0.25) is 0 Å². The quantitative estimate of drug-likeness (QED) is 0.633. The normalized spacial score (nSPS) is 11.6. The third kappa shape index (κ3) is 3.01. The molecule has 0 aliphatic carbocycles. The molecular formula is C8H11NO5S2. The molecule has 0 radical (unpaired) electrons. The molecule has 6 nitrogen and oxygen atoms in total. The van der Waals surface area contributed by atoms with Crippen LogP contribution in [-0.4, -0.2) is 37.8 Å². The first kappa shape index (κ1) is 13.1. The SMILES string of the molecule is O=C(O)c1sccc1S(=O)(=O)NCCCO. The van der Waals surface area contributed by atoms with Crippen molar-refractivity contribution in [2.24, 2.45) is 0 Å². The Morgan fingerprint density at radius 3 is 2.75 bits per heavy atom. The van der Waals surface area contributed by atoms with E-state index in [1.165, 1.54) is 11.4 Å². The van der Waals surface area contributed by atoms with Crippen molar-refractivity contribution in [1.29, 1.82) is 0 Å². The zero-order chi connectivity index (χ0) is 12.2. The van der Waals surface area contributed by atoms with Gasteiger partial charge in [-0.25, -0.2) is 17.9 Å². The molecule has 3 N–H and O–H groups in total. The highest BCUT2D eigenvalue weighted by Crippen LogP contribution is 2.21. The molecule has 0 aromatic carbocycles. The van der Waals surface area contributed by atoms with E-state index in [2.05, 4.69) is 4.72 Å². The minimum Gasteiger partial charge on any atom is -0.477 e. The number of carboxylic acid groups (broad SMARTS) is 1. The molecule has 0 saturated heterocycles. The molecule has 0 aliphatic rings. The predicted molar refractivity (Wildman–Crippen MR) is 58.2 cm³/mol. The van der Waals surface area contributed by atoms with Crippen LogP contribution in [0.15, 0.2) is 16.3 Å². The van der Waals surface area contributed by atoms with E-state index in [0.29, 0.717) is 0 Å². The van der Waals surface area contributed by atoms with Gasteiger partial charge in [0.25, 0.3) is 0 Å². The average molecular weight is 265 g/mol. The fraction of sp³-hybridized carbons (Fsp3) is 0.375. The Labute approximate surface area is 96.6 Å². The first-order valence-corrected chi connectivity index (χ1v) is 6.76. The van der Waals surface area contributed by atoms with E-state index in [9.17, 15) is 13.2 Å². The summed E-state index contributed by atoms with van der Waals surface area (Å²) in [6, 6.07) is 1.25. The maximum atomic E-state index is 11.6. The molecule has 0 saturated carbocycles. The van der Waals surface area contributed by atoms with Crippen LogP contribution < -0.4 is 4.72 Å². The molecule has 90 valence electrons. The molecule has 1 aromatic heterocycles. The molecule has 0 spiro atoms. The number of sulfonamides is 1. The van der Waals surface area contributed by atoms with Crippen LogP contribution in [0.3, 0.4) is 0 Å². The summed E-state index contributed by atoms with van der Waals surface area (Å²) in [5.74, 6) is -1.27. The van der Waals surface area contributed by atoms with Gasteiger partial charge in [0, 0.05) is 13.2 Å². The lowest BCUT2D eigenvalue weighted by Crippen LogP contribution is -2.26. The smallest absolute Gasteiger partial charge is 0.347 e. The van der Waals surface area contributed by atoms with Crippen LogP contribution in [0.4, 0.5) is 0 Å². The van der Waals surface area contributed by atoms with Gasteiger partial charge in [0.1, 0.15) is 9.77 Å². The number of hydrogen-bond donors (Lipinski definition) is 3. The summed E-state index contributed by atoms with van der Waals surface area (Å²) in [5.41, 5.74) is 0. The fourth-order valence-corrected chi connectivity index (χ4v) is 3.36. The molecule has 16 heavy (non-hydrogen) atoms. The summed E-state index contributed by atoms with van der Waals surface area (Å²) in [6.07, 6.45) is 0.284. The molecule has 1 heterocycles. The largest absolute Gasteiger partial charge is 0.477 e. The highest BCUT2D eigenvalue weighted by atomic mass is 32.2. The maximum Gasteiger partial charge on any atom is 0.347 e. The number of nitrogens with one attached hydrogen (secondary N) is 1. The lowest BCUT2D eigenvalue weighted by Gasteiger charge is -2.04. The van der Waals surface area contributed by atoms with Crippen LogP contribution in [0.1, 0.15) is 16.1 Å². The van der Waals surface area contributed by atoms with Gasteiger partial charge in [-0.2, -0.15) is 0 Å². The maximum absolute atomic E-state index is 11.6. The minimum atomic E-state index is -3.80. The van der Waals surface area contributed by atoms with Crippen molar-refractivity contribution in [1.82, 2.24) is 4.72 Å². The summed E-state index contributed by atoms with van der Waals surface area (Å²) in [7, 11) is -3.80. The summed E-state index contributed by atoms with van der Waals surface area (Å²) >= 11 is 0.856. The predicted octanol–water partition coefficient (Wildman–Crippen LogP) is 0.107. The number of aliphatic hydroxyl groups is 1. The molecule has 0 amide bonds. The van der Waals surface area contributed by atoms with Crippen molar-refractivity contribution in [3.63, 3.8) is 0 Å². The first-order valence-electron chi connectivity index (χ1n) is 4.40. The van der Waals surface area contributed by atoms with Crippen molar-refractivity contribution in [2.75, 3.05) is 13.2 Å². The van der Waals surface area contributed by atoms with Crippen molar-refractivity contribution in [3.05, 3.63) is 16.3 Å². The second-order valence-electron chi connectivity index (χ2n) is 2.89. The highest BCUT2D eigenvalue weighted by Gasteiger charge is 2.22. The van der Waals surface area contributed by atoms with Crippen molar-refractivity contribution in [3.8, 4) is 0 Å². The van der Waals surface area contributed by atoms with Crippen LogP contribution in [0.2, 0.25) is 0 Å². The molecule has 0 fully saturated rings. The van der Waals surface area contributed by atoms with E-state index in [1.807, 2.05) is 0 Å². The third-order valence-corrected chi connectivity index (χ3v) is 4.27. The number of aromatic carboxylic acids is 1. The Morgan fingerprint density at radius 1 is 1.50 bits per heavy atom. The van der Waals surface area contributed by atoms with Crippen LogP contribution in [0, 0.1) is 0 Å². The van der Waals surface area contributed by atoms with E-state index >= 15 is 0 Å². The van der Waals surface area contributed by atoms with Gasteiger partial charge >= 0.3 is 5.97 Å². The number of carboxylic acids is 1. The molecule has 0 bridgehead atoms. The minimum absolute atomic E-state index is 0.0771. The number of aliphatic hydroxyl groups excluding tert-OH is 1. The standard InChI is InChI=1S/C8H11NO5S2/c10-4-1-3-9-16(13,14)6-2-5-15-7(6)8(11)12/h2,5,9-10H,1,3-4H2,(H,11,12). The highest BCUT2D eigenvalue weighted by molar-refractivity contribution is 7.89. The van der Waals surface area contributed by atoms with Gasteiger partial charge in [0.15, 0.2) is 0 Å². The second-order valence-corrected chi connectivity index (χ2v) is 5.55. The van der Waals surface area contributed by atoms with Gasteiger partial charge < -0.3 is 10.2 Å². The summed E-state index contributed by atoms with van der Waals surface area (Å²) in [4.78, 5) is 10.3. The Kier molecular flexibility index (Phi) is 4.42. The van der Waals surface area contributed by atoms with E-state index in [0.717, 1.165) is 11.3 Å². The molecule has 0 atom stereocenters. The van der Waals surface area contributed by atoms with Gasteiger partial charge in [-0.15, -0.1) is 11.3 Å². The number of rotatable bonds is 6. The van der Waals surface area contributed by atoms with E-state index in [4.69, 9.17) is 10.2 Å². The zero-order valence-electron chi connectivity index (χ0n) is 8.21. The summed E-state index contributed by atoms with van der Waals surface area (Å²) < 4.78 is 25.5. The van der Waals surface area contributed by atoms with Crippen molar-refractivity contribution in [2.45, 2.75) is 11.3 Å². The Bertz CT molecular complexity index is 465.